The Bertz CT molecular complexity index is 646. The van der Waals surface area contributed by atoms with Gasteiger partial charge in [-0.1, -0.05) is 0 Å². The lowest BCUT2D eigenvalue weighted by Gasteiger charge is -2.36. The third-order valence-electron chi connectivity index (χ3n) is 4.77. The number of carbonyl (C=O) groups excluding carboxylic acids is 2. The van der Waals surface area contributed by atoms with E-state index >= 15 is 0 Å². The fourth-order valence-electron chi connectivity index (χ4n) is 3.42. The molecule has 1 aromatic rings. The molecule has 0 N–H and O–H groups in total. The molecular weight excluding hydrogens is 327 g/mol. The van der Waals surface area contributed by atoms with Crippen LogP contribution >= 0.6 is 0 Å². The van der Waals surface area contributed by atoms with Crippen molar-refractivity contribution in [2.24, 2.45) is 5.92 Å². The smallest absolute Gasteiger partial charge is 0.257 e. The number of carbonyl (C=O) groups is 2. The van der Waals surface area contributed by atoms with Crippen molar-refractivity contribution in [2.45, 2.75) is 12.8 Å². The Hall–Kier alpha value is -2.15. The van der Waals surface area contributed by atoms with Crippen LogP contribution in [0.4, 0.5) is 4.39 Å². The molecule has 2 aliphatic rings. The topological polar surface area (TPSA) is 59.1 Å². The fraction of sp³-hybridized carbons (Fsp3) is 0.556. The van der Waals surface area contributed by atoms with Crippen LogP contribution in [0.5, 0.6) is 5.75 Å². The summed E-state index contributed by atoms with van der Waals surface area (Å²) >= 11 is 0. The Morgan fingerprint density at radius 2 is 1.96 bits per heavy atom. The maximum absolute atomic E-state index is 13.6. The molecule has 0 spiro atoms. The van der Waals surface area contributed by atoms with Gasteiger partial charge in [-0.05, 0) is 31.0 Å². The number of likely N-dealkylation sites (tertiary alicyclic amines) is 1. The molecule has 25 heavy (non-hydrogen) atoms. The van der Waals surface area contributed by atoms with Gasteiger partial charge in [0.15, 0.2) is 0 Å². The van der Waals surface area contributed by atoms with Gasteiger partial charge in [0.25, 0.3) is 5.91 Å². The largest absolute Gasteiger partial charge is 0.496 e. The zero-order valence-electron chi connectivity index (χ0n) is 14.4. The number of methoxy groups -OCH3 is 1. The lowest BCUT2D eigenvalue weighted by atomic mass is 9.95. The van der Waals surface area contributed by atoms with Gasteiger partial charge in [0.2, 0.25) is 5.91 Å². The summed E-state index contributed by atoms with van der Waals surface area (Å²) in [5.41, 5.74) is 0.196. The van der Waals surface area contributed by atoms with E-state index in [1.807, 2.05) is 4.90 Å². The summed E-state index contributed by atoms with van der Waals surface area (Å²) in [4.78, 5) is 28.9. The maximum atomic E-state index is 13.6. The number of morpholine rings is 1. The van der Waals surface area contributed by atoms with E-state index in [0.29, 0.717) is 45.1 Å². The van der Waals surface area contributed by atoms with Crippen LogP contribution in [-0.2, 0) is 9.53 Å². The van der Waals surface area contributed by atoms with Crippen molar-refractivity contribution in [2.75, 3.05) is 46.5 Å². The fourth-order valence-corrected chi connectivity index (χ4v) is 3.42. The molecule has 0 aromatic heterocycles. The summed E-state index contributed by atoms with van der Waals surface area (Å²) < 4.78 is 24.0. The van der Waals surface area contributed by atoms with Crippen LogP contribution in [0, 0.1) is 11.7 Å². The Morgan fingerprint density at radius 1 is 1.20 bits per heavy atom. The van der Waals surface area contributed by atoms with Crippen molar-refractivity contribution in [3.63, 3.8) is 0 Å². The third kappa shape index (κ3) is 3.92. The van der Waals surface area contributed by atoms with Gasteiger partial charge in [-0.15, -0.1) is 0 Å². The van der Waals surface area contributed by atoms with E-state index in [1.54, 1.807) is 4.90 Å². The average Bonchev–Trinajstić information content (AvgIpc) is 2.67. The van der Waals surface area contributed by atoms with Gasteiger partial charge >= 0.3 is 0 Å². The normalized spacial score (nSPS) is 21.1. The molecule has 0 saturated carbocycles. The molecule has 1 atom stereocenters. The quantitative estimate of drug-likeness (QED) is 0.830. The van der Waals surface area contributed by atoms with Crippen molar-refractivity contribution in [1.82, 2.24) is 9.80 Å². The van der Waals surface area contributed by atoms with Crippen molar-refractivity contribution in [3.8, 4) is 5.75 Å². The number of piperidine rings is 1. The second kappa shape index (κ2) is 7.82. The van der Waals surface area contributed by atoms with Crippen LogP contribution < -0.4 is 4.74 Å². The molecule has 0 bridgehead atoms. The molecule has 7 heteroatoms. The monoisotopic (exact) mass is 350 g/mol. The predicted molar refractivity (Wildman–Crippen MR) is 89.0 cm³/mol. The number of rotatable bonds is 3. The van der Waals surface area contributed by atoms with Crippen LogP contribution in [0.3, 0.4) is 0 Å². The van der Waals surface area contributed by atoms with Gasteiger partial charge in [0.05, 0.1) is 31.8 Å². The molecule has 6 nitrogen and oxygen atoms in total. The van der Waals surface area contributed by atoms with Crippen LogP contribution in [0.1, 0.15) is 23.2 Å². The number of nitrogens with zero attached hydrogens (tertiary/aromatic N) is 2. The molecule has 0 aliphatic carbocycles. The molecule has 136 valence electrons. The minimum atomic E-state index is -0.484. The highest BCUT2D eigenvalue weighted by atomic mass is 19.1. The van der Waals surface area contributed by atoms with Crippen LogP contribution in [0.15, 0.2) is 18.2 Å². The van der Waals surface area contributed by atoms with Gasteiger partial charge in [-0.2, -0.15) is 0 Å². The molecule has 1 aromatic carbocycles. The number of benzene rings is 1. The van der Waals surface area contributed by atoms with E-state index in [-0.39, 0.29) is 23.3 Å². The van der Waals surface area contributed by atoms with Gasteiger partial charge in [-0.3, -0.25) is 9.59 Å². The second-order valence-corrected chi connectivity index (χ2v) is 6.37. The van der Waals surface area contributed by atoms with E-state index < -0.39 is 5.82 Å². The third-order valence-corrected chi connectivity index (χ3v) is 4.77. The Morgan fingerprint density at radius 3 is 2.68 bits per heavy atom. The van der Waals surface area contributed by atoms with Crippen molar-refractivity contribution < 1.29 is 23.5 Å². The first kappa shape index (κ1) is 17.7. The second-order valence-electron chi connectivity index (χ2n) is 6.37. The van der Waals surface area contributed by atoms with Crippen LogP contribution in [-0.4, -0.2) is 68.1 Å². The van der Waals surface area contributed by atoms with Crippen LogP contribution in [0.25, 0.3) is 0 Å². The highest BCUT2D eigenvalue weighted by molar-refractivity contribution is 5.97. The lowest BCUT2D eigenvalue weighted by Crippen LogP contribution is -2.49. The molecule has 2 saturated heterocycles. The zero-order chi connectivity index (χ0) is 17.8. The van der Waals surface area contributed by atoms with Gasteiger partial charge in [-0.25, -0.2) is 4.39 Å². The van der Waals surface area contributed by atoms with Gasteiger partial charge in [0, 0.05) is 26.2 Å². The molecule has 2 amide bonds. The molecule has 3 rings (SSSR count). The summed E-state index contributed by atoms with van der Waals surface area (Å²) in [6.45, 7) is 3.23. The minimum absolute atomic E-state index is 0.0759. The molecular formula is C18H23FN2O4. The summed E-state index contributed by atoms with van der Waals surface area (Å²) in [6.07, 6.45) is 1.52. The Kier molecular flexibility index (Phi) is 5.53. The number of amides is 2. The number of ether oxygens (including phenoxy) is 2. The first-order chi connectivity index (χ1) is 12.1. The standard InChI is InChI=1S/C18H23FN2O4/c1-24-16-5-4-14(19)11-15(16)18(23)21-6-2-3-13(12-21)17(22)20-7-9-25-10-8-20/h4-5,11,13H,2-3,6-10,12H2,1H3. The molecule has 1 unspecified atom stereocenters. The van der Waals surface area contributed by atoms with Gasteiger partial charge < -0.3 is 19.3 Å². The minimum Gasteiger partial charge on any atom is -0.496 e. The number of hydrogen-bond donors (Lipinski definition) is 0. The molecule has 0 radical (unpaired) electrons. The maximum Gasteiger partial charge on any atom is 0.257 e. The lowest BCUT2D eigenvalue weighted by molar-refractivity contribution is -0.141. The highest BCUT2D eigenvalue weighted by Gasteiger charge is 2.33. The predicted octanol–water partition coefficient (Wildman–Crippen LogP) is 1.55. The Balaban J connectivity index is 1.71. The molecule has 2 aliphatic heterocycles. The summed E-state index contributed by atoms with van der Waals surface area (Å²) in [7, 11) is 1.45. The SMILES string of the molecule is COc1ccc(F)cc1C(=O)N1CCCC(C(=O)N2CCOCC2)C1. The average molecular weight is 350 g/mol. The number of halogens is 1. The van der Waals surface area contributed by atoms with E-state index in [1.165, 1.54) is 25.3 Å². The van der Waals surface area contributed by atoms with Crippen molar-refractivity contribution in [3.05, 3.63) is 29.6 Å². The van der Waals surface area contributed by atoms with Crippen molar-refractivity contribution in [1.29, 1.82) is 0 Å². The first-order valence-corrected chi connectivity index (χ1v) is 8.59. The summed E-state index contributed by atoms with van der Waals surface area (Å²) in [5.74, 6) is -0.576. The molecule has 2 heterocycles. The summed E-state index contributed by atoms with van der Waals surface area (Å²) in [5, 5.41) is 0. The summed E-state index contributed by atoms with van der Waals surface area (Å²) in [6, 6.07) is 3.90. The van der Waals surface area contributed by atoms with Crippen molar-refractivity contribution >= 4 is 11.8 Å². The van der Waals surface area contributed by atoms with Gasteiger partial charge in [0.1, 0.15) is 11.6 Å². The molecule has 2 fully saturated rings. The highest BCUT2D eigenvalue weighted by Crippen LogP contribution is 2.25. The van der Waals surface area contributed by atoms with E-state index in [0.717, 1.165) is 12.8 Å². The van der Waals surface area contributed by atoms with E-state index in [2.05, 4.69) is 0 Å². The van der Waals surface area contributed by atoms with Crippen LogP contribution in [0.2, 0.25) is 0 Å². The van der Waals surface area contributed by atoms with E-state index in [4.69, 9.17) is 9.47 Å². The Labute approximate surface area is 146 Å². The number of hydrogen-bond acceptors (Lipinski definition) is 4. The van der Waals surface area contributed by atoms with E-state index in [9.17, 15) is 14.0 Å². The first-order valence-electron chi connectivity index (χ1n) is 8.59. The zero-order valence-corrected chi connectivity index (χ0v) is 14.4.